The molecule has 0 unspecified atom stereocenters. The topological polar surface area (TPSA) is 72.5 Å². The molecule has 0 aliphatic heterocycles. The van der Waals surface area contributed by atoms with E-state index in [1.54, 1.807) is 30.3 Å². The second-order valence-electron chi connectivity index (χ2n) is 7.05. The Hall–Kier alpha value is -3.65. The van der Waals surface area contributed by atoms with E-state index in [4.69, 9.17) is 16.3 Å². The molecule has 0 aliphatic rings. The molecule has 0 aromatic heterocycles. The van der Waals surface area contributed by atoms with Gasteiger partial charge in [0.1, 0.15) is 0 Å². The Balaban J connectivity index is 1.72. The van der Waals surface area contributed by atoms with Gasteiger partial charge in [-0.15, -0.1) is 0 Å². The molecule has 0 aliphatic carbocycles. The van der Waals surface area contributed by atoms with E-state index in [2.05, 4.69) is 5.32 Å². The van der Waals surface area contributed by atoms with E-state index in [1.807, 2.05) is 6.92 Å². The maximum atomic E-state index is 13.2. The summed E-state index contributed by atoms with van der Waals surface area (Å²) in [6.07, 6.45) is -4.75. The molecule has 0 radical (unpaired) electrons. The van der Waals surface area contributed by atoms with Crippen LogP contribution in [0.15, 0.2) is 66.7 Å². The third-order valence-electron chi connectivity index (χ3n) is 4.60. The highest BCUT2D eigenvalue weighted by molar-refractivity contribution is 6.30. The molecular weight excluding hydrogens is 459 g/mol. The monoisotopic (exact) mass is 475 g/mol. The summed E-state index contributed by atoms with van der Waals surface area (Å²) in [4.78, 5) is 37.5. The number of nitrogens with one attached hydrogen (secondary N) is 1. The lowest BCUT2D eigenvalue weighted by molar-refractivity contribution is -0.137. The second kappa shape index (κ2) is 9.87. The number of ether oxygens (including phenoxy) is 1. The zero-order valence-corrected chi connectivity index (χ0v) is 18.0. The minimum absolute atomic E-state index is 0.0710. The van der Waals surface area contributed by atoms with Gasteiger partial charge < -0.3 is 10.1 Å². The number of carbonyl (C=O) groups is 3. The average molecular weight is 476 g/mol. The number of esters is 1. The fourth-order valence-electron chi connectivity index (χ4n) is 2.97. The van der Waals surface area contributed by atoms with E-state index in [0.29, 0.717) is 11.6 Å². The highest BCUT2D eigenvalue weighted by atomic mass is 35.5. The number of carbonyl (C=O) groups excluding carboxylic acids is 3. The van der Waals surface area contributed by atoms with Crippen LogP contribution >= 0.6 is 11.6 Å². The molecule has 9 heteroatoms. The fourth-order valence-corrected chi connectivity index (χ4v) is 3.15. The van der Waals surface area contributed by atoms with Crippen molar-refractivity contribution in [2.24, 2.45) is 0 Å². The van der Waals surface area contributed by atoms with Crippen LogP contribution in [0.1, 0.15) is 37.4 Å². The number of alkyl halides is 3. The van der Waals surface area contributed by atoms with Crippen molar-refractivity contribution in [3.05, 3.63) is 99.6 Å². The first-order chi connectivity index (χ1) is 15.6. The lowest BCUT2D eigenvalue weighted by Crippen LogP contribution is -2.23. The summed E-state index contributed by atoms with van der Waals surface area (Å²) in [5.41, 5.74) is -0.339. The van der Waals surface area contributed by atoms with Gasteiger partial charge in [-0.05, 0) is 31.2 Å². The van der Waals surface area contributed by atoms with Crippen LogP contribution in [0.3, 0.4) is 0 Å². The molecule has 0 saturated carbocycles. The van der Waals surface area contributed by atoms with Gasteiger partial charge in [-0.2, -0.15) is 13.2 Å². The maximum absolute atomic E-state index is 13.2. The number of benzene rings is 3. The van der Waals surface area contributed by atoms with Gasteiger partial charge in [0.15, 0.2) is 12.4 Å². The van der Waals surface area contributed by atoms with Crippen molar-refractivity contribution in [2.45, 2.75) is 13.1 Å². The Kier molecular flexibility index (Phi) is 7.18. The molecule has 3 rings (SSSR count). The van der Waals surface area contributed by atoms with Gasteiger partial charge in [0, 0.05) is 16.1 Å². The molecule has 0 saturated heterocycles. The number of hydrogen-bond donors (Lipinski definition) is 1. The molecule has 3 aromatic rings. The van der Waals surface area contributed by atoms with Crippen molar-refractivity contribution in [3.8, 4) is 0 Å². The largest absolute Gasteiger partial charge is 0.452 e. The first kappa shape index (κ1) is 24.0. The molecule has 1 N–H and O–H groups in total. The molecule has 33 heavy (non-hydrogen) atoms. The van der Waals surface area contributed by atoms with Crippen LogP contribution in [0.5, 0.6) is 0 Å². The fraction of sp³-hybridized carbons (Fsp3) is 0.125. The third-order valence-corrected chi connectivity index (χ3v) is 4.84. The van der Waals surface area contributed by atoms with E-state index in [-0.39, 0.29) is 16.1 Å². The van der Waals surface area contributed by atoms with E-state index in [0.717, 1.165) is 11.6 Å². The van der Waals surface area contributed by atoms with E-state index >= 15 is 0 Å². The number of amides is 1. The zero-order chi connectivity index (χ0) is 24.2. The third kappa shape index (κ3) is 5.98. The minimum atomic E-state index is -4.75. The molecule has 0 atom stereocenters. The molecule has 1 amide bonds. The first-order valence-electron chi connectivity index (χ1n) is 9.60. The van der Waals surface area contributed by atoms with Crippen molar-refractivity contribution < 1.29 is 32.3 Å². The van der Waals surface area contributed by atoms with Crippen LogP contribution in [0.2, 0.25) is 5.02 Å². The van der Waals surface area contributed by atoms with Crippen molar-refractivity contribution in [1.29, 1.82) is 0 Å². The molecule has 0 fully saturated rings. The van der Waals surface area contributed by atoms with Crippen LogP contribution < -0.4 is 5.32 Å². The molecule has 3 aromatic carbocycles. The van der Waals surface area contributed by atoms with Crippen molar-refractivity contribution in [3.63, 3.8) is 0 Å². The summed E-state index contributed by atoms with van der Waals surface area (Å²) in [5, 5.41) is 1.91. The number of halogens is 4. The summed E-state index contributed by atoms with van der Waals surface area (Å²) in [6.45, 7) is 1.01. The Bertz CT molecular complexity index is 1210. The zero-order valence-electron chi connectivity index (χ0n) is 17.2. The minimum Gasteiger partial charge on any atom is -0.452 e. The Morgan fingerprint density at radius 3 is 2.21 bits per heavy atom. The molecule has 0 bridgehead atoms. The summed E-state index contributed by atoms with van der Waals surface area (Å²) < 4.78 is 44.5. The standard InChI is InChI=1S/C24H17ClF3NO4/c1-14-6-8-15(9-7-14)22(31)17-4-2-3-5-18(17)23(32)33-13-21(30)29-20-11-10-16(25)12-19(20)24(26,27)28/h2-12H,13H2,1H3,(H,29,30). The normalized spacial score (nSPS) is 11.1. The molecule has 170 valence electrons. The van der Waals surface area contributed by atoms with Crippen molar-refractivity contribution in [1.82, 2.24) is 0 Å². The van der Waals surface area contributed by atoms with E-state index in [1.165, 1.54) is 24.3 Å². The van der Waals surface area contributed by atoms with Gasteiger partial charge in [0.05, 0.1) is 16.8 Å². The highest BCUT2D eigenvalue weighted by Crippen LogP contribution is 2.36. The van der Waals surface area contributed by atoms with Crippen molar-refractivity contribution >= 4 is 34.9 Å². The highest BCUT2D eigenvalue weighted by Gasteiger charge is 2.34. The van der Waals surface area contributed by atoms with Crippen molar-refractivity contribution in [2.75, 3.05) is 11.9 Å². The van der Waals surface area contributed by atoms with Crippen LogP contribution in [-0.2, 0) is 15.7 Å². The Morgan fingerprint density at radius 1 is 0.939 bits per heavy atom. The molecule has 0 heterocycles. The van der Waals surface area contributed by atoms with Gasteiger partial charge in [0.25, 0.3) is 5.91 Å². The van der Waals surface area contributed by atoms with Gasteiger partial charge in [-0.1, -0.05) is 59.6 Å². The number of ketones is 1. The predicted molar refractivity (Wildman–Crippen MR) is 116 cm³/mol. The SMILES string of the molecule is Cc1ccc(C(=O)c2ccccc2C(=O)OCC(=O)Nc2ccc(Cl)cc2C(F)(F)F)cc1. The summed E-state index contributed by atoms with van der Waals surface area (Å²) in [5.74, 6) is -2.37. The smallest absolute Gasteiger partial charge is 0.418 e. The van der Waals surface area contributed by atoms with E-state index < -0.39 is 41.7 Å². The summed E-state index contributed by atoms with van der Waals surface area (Å²) in [7, 11) is 0. The number of hydrogen-bond acceptors (Lipinski definition) is 4. The van der Waals surface area contributed by atoms with Crippen LogP contribution in [0.25, 0.3) is 0 Å². The first-order valence-corrected chi connectivity index (χ1v) is 9.98. The second-order valence-corrected chi connectivity index (χ2v) is 7.49. The van der Waals surface area contributed by atoms with Crippen LogP contribution in [0, 0.1) is 6.92 Å². The molecular formula is C24H17ClF3NO4. The van der Waals surface area contributed by atoms with Gasteiger partial charge in [-0.3, -0.25) is 9.59 Å². The Labute approximate surface area is 192 Å². The maximum Gasteiger partial charge on any atom is 0.418 e. The van der Waals surface area contributed by atoms with Gasteiger partial charge in [0.2, 0.25) is 0 Å². The van der Waals surface area contributed by atoms with E-state index in [9.17, 15) is 27.6 Å². The average Bonchev–Trinajstić information content (AvgIpc) is 2.78. The summed E-state index contributed by atoms with van der Waals surface area (Å²) in [6, 6.07) is 15.5. The predicted octanol–water partition coefficient (Wildman–Crippen LogP) is 5.69. The quantitative estimate of drug-likeness (QED) is 0.367. The number of anilines is 1. The van der Waals surface area contributed by atoms with Crippen LogP contribution in [0.4, 0.5) is 18.9 Å². The van der Waals surface area contributed by atoms with Gasteiger partial charge in [-0.25, -0.2) is 4.79 Å². The lowest BCUT2D eigenvalue weighted by atomic mass is 9.98. The summed E-state index contributed by atoms with van der Waals surface area (Å²) >= 11 is 5.61. The van der Waals surface area contributed by atoms with Gasteiger partial charge >= 0.3 is 12.1 Å². The van der Waals surface area contributed by atoms with Crippen LogP contribution in [-0.4, -0.2) is 24.3 Å². The molecule has 5 nitrogen and oxygen atoms in total. The number of aryl methyl sites for hydroxylation is 1. The lowest BCUT2D eigenvalue weighted by Gasteiger charge is -2.14. The molecule has 0 spiro atoms. The Morgan fingerprint density at radius 2 is 1.58 bits per heavy atom. The number of rotatable bonds is 6.